The summed E-state index contributed by atoms with van der Waals surface area (Å²) in [6, 6.07) is 6.42. The van der Waals surface area contributed by atoms with Gasteiger partial charge in [0.15, 0.2) is 0 Å². The summed E-state index contributed by atoms with van der Waals surface area (Å²) < 4.78 is 0. The SMILES string of the molecule is Cc1ccc(NCc2cn[nH]c2C)cc1C. The molecule has 0 amide bonds. The zero-order valence-electron chi connectivity index (χ0n) is 9.96. The molecule has 16 heavy (non-hydrogen) atoms. The number of benzene rings is 1. The minimum atomic E-state index is 0.810. The molecule has 0 radical (unpaired) electrons. The van der Waals surface area contributed by atoms with Crippen molar-refractivity contribution in [3.63, 3.8) is 0 Å². The maximum atomic E-state index is 4.00. The maximum absolute atomic E-state index is 4.00. The van der Waals surface area contributed by atoms with Crippen molar-refractivity contribution in [2.75, 3.05) is 5.32 Å². The predicted molar refractivity (Wildman–Crippen MR) is 66.6 cm³/mol. The Morgan fingerprint density at radius 3 is 2.62 bits per heavy atom. The summed E-state index contributed by atoms with van der Waals surface area (Å²) in [6.45, 7) is 7.10. The summed E-state index contributed by atoms with van der Waals surface area (Å²) >= 11 is 0. The van der Waals surface area contributed by atoms with Crippen LogP contribution >= 0.6 is 0 Å². The zero-order valence-corrected chi connectivity index (χ0v) is 9.96. The number of rotatable bonds is 3. The van der Waals surface area contributed by atoms with Crippen molar-refractivity contribution in [2.24, 2.45) is 0 Å². The molecule has 0 unspecified atom stereocenters. The Labute approximate surface area is 95.9 Å². The second-order valence-electron chi connectivity index (χ2n) is 4.17. The molecule has 2 rings (SSSR count). The third-order valence-corrected chi connectivity index (χ3v) is 2.92. The lowest BCUT2D eigenvalue weighted by Gasteiger charge is -2.08. The van der Waals surface area contributed by atoms with Crippen molar-refractivity contribution in [1.29, 1.82) is 0 Å². The molecule has 1 aromatic heterocycles. The average molecular weight is 215 g/mol. The Hall–Kier alpha value is -1.77. The Morgan fingerprint density at radius 1 is 1.19 bits per heavy atom. The number of hydrogen-bond donors (Lipinski definition) is 2. The van der Waals surface area contributed by atoms with Gasteiger partial charge in [-0.3, -0.25) is 5.10 Å². The van der Waals surface area contributed by atoms with Crippen molar-refractivity contribution in [1.82, 2.24) is 10.2 Å². The fraction of sp³-hybridized carbons (Fsp3) is 0.308. The molecule has 3 heteroatoms. The molecule has 2 aromatic rings. The Bertz CT molecular complexity index is 486. The minimum absolute atomic E-state index is 0.810. The van der Waals surface area contributed by atoms with Gasteiger partial charge in [0.25, 0.3) is 0 Å². The first kappa shape index (κ1) is 10.7. The van der Waals surface area contributed by atoms with E-state index in [1.54, 1.807) is 0 Å². The Balaban J connectivity index is 2.05. The monoisotopic (exact) mass is 215 g/mol. The number of aromatic nitrogens is 2. The molecule has 0 saturated heterocycles. The van der Waals surface area contributed by atoms with Gasteiger partial charge in [0.2, 0.25) is 0 Å². The lowest BCUT2D eigenvalue weighted by molar-refractivity contribution is 1.04. The van der Waals surface area contributed by atoms with E-state index in [-0.39, 0.29) is 0 Å². The number of anilines is 1. The first-order valence-electron chi connectivity index (χ1n) is 5.47. The summed E-state index contributed by atoms with van der Waals surface area (Å²) in [6.07, 6.45) is 1.86. The first-order valence-corrected chi connectivity index (χ1v) is 5.47. The van der Waals surface area contributed by atoms with Gasteiger partial charge in [0, 0.05) is 23.5 Å². The summed E-state index contributed by atoms with van der Waals surface area (Å²) in [7, 11) is 0. The highest BCUT2D eigenvalue weighted by atomic mass is 15.1. The summed E-state index contributed by atoms with van der Waals surface area (Å²) in [4.78, 5) is 0. The van der Waals surface area contributed by atoms with Crippen molar-refractivity contribution in [3.8, 4) is 0 Å². The average Bonchev–Trinajstić information content (AvgIpc) is 2.66. The third-order valence-electron chi connectivity index (χ3n) is 2.92. The molecule has 0 saturated carbocycles. The van der Waals surface area contributed by atoms with E-state index in [0.29, 0.717) is 0 Å². The van der Waals surface area contributed by atoms with Crippen LogP contribution in [-0.2, 0) is 6.54 Å². The lowest BCUT2D eigenvalue weighted by Crippen LogP contribution is -2.00. The summed E-state index contributed by atoms with van der Waals surface area (Å²) in [5.41, 5.74) is 6.12. The van der Waals surface area contributed by atoms with Gasteiger partial charge in [0.1, 0.15) is 0 Å². The standard InChI is InChI=1S/C13H17N3/c1-9-4-5-13(6-10(9)2)14-7-12-8-15-16-11(12)3/h4-6,8,14H,7H2,1-3H3,(H,15,16). The van der Waals surface area contributed by atoms with Crippen LogP contribution in [0.25, 0.3) is 0 Å². The van der Waals surface area contributed by atoms with Crippen molar-refractivity contribution in [3.05, 3.63) is 46.8 Å². The number of nitrogens with one attached hydrogen (secondary N) is 2. The molecule has 3 nitrogen and oxygen atoms in total. The molecule has 0 atom stereocenters. The largest absolute Gasteiger partial charge is 0.381 e. The van der Waals surface area contributed by atoms with E-state index in [0.717, 1.165) is 17.9 Å². The van der Waals surface area contributed by atoms with E-state index in [1.807, 2.05) is 13.1 Å². The molecular formula is C13H17N3. The van der Waals surface area contributed by atoms with Crippen LogP contribution < -0.4 is 5.32 Å². The molecule has 0 aliphatic heterocycles. The van der Waals surface area contributed by atoms with Crippen LogP contribution in [0.1, 0.15) is 22.4 Å². The quantitative estimate of drug-likeness (QED) is 0.826. The van der Waals surface area contributed by atoms with Gasteiger partial charge in [-0.2, -0.15) is 5.10 Å². The highest BCUT2D eigenvalue weighted by Crippen LogP contribution is 2.15. The predicted octanol–water partition coefficient (Wildman–Crippen LogP) is 2.95. The maximum Gasteiger partial charge on any atom is 0.0539 e. The number of aromatic amines is 1. The number of hydrogen-bond acceptors (Lipinski definition) is 2. The van der Waals surface area contributed by atoms with E-state index < -0.39 is 0 Å². The van der Waals surface area contributed by atoms with Gasteiger partial charge in [-0.15, -0.1) is 0 Å². The molecular weight excluding hydrogens is 198 g/mol. The Morgan fingerprint density at radius 2 is 2.00 bits per heavy atom. The van der Waals surface area contributed by atoms with Crippen LogP contribution in [0.4, 0.5) is 5.69 Å². The summed E-state index contributed by atoms with van der Waals surface area (Å²) in [5.74, 6) is 0. The molecule has 0 aliphatic carbocycles. The van der Waals surface area contributed by atoms with Crippen LogP contribution in [0.5, 0.6) is 0 Å². The lowest BCUT2D eigenvalue weighted by atomic mass is 10.1. The van der Waals surface area contributed by atoms with E-state index in [4.69, 9.17) is 0 Å². The molecule has 0 aliphatic rings. The highest BCUT2D eigenvalue weighted by molar-refractivity contribution is 5.48. The van der Waals surface area contributed by atoms with Gasteiger partial charge in [0.05, 0.1) is 6.20 Å². The van der Waals surface area contributed by atoms with E-state index in [1.165, 1.54) is 16.7 Å². The number of nitrogens with zero attached hydrogens (tertiary/aromatic N) is 1. The van der Waals surface area contributed by atoms with Crippen LogP contribution in [0.3, 0.4) is 0 Å². The van der Waals surface area contributed by atoms with Gasteiger partial charge < -0.3 is 5.32 Å². The topological polar surface area (TPSA) is 40.7 Å². The molecule has 1 heterocycles. The highest BCUT2D eigenvalue weighted by Gasteiger charge is 2.00. The molecule has 2 N–H and O–H groups in total. The summed E-state index contributed by atoms with van der Waals surface area (Å²) in [5, 5.41) is 10.3. The number of H-pyrrole nitrogens is 1. The van der Waals surface area contributed by atoms with Crippen molar-refractivity contribution < 1.29 is 0 Å². The van der Waals surface area contributed by atoms with Gasteiger partial charge in [-0.25, -0.2) is 0 Å². The number of aryl methyl sites for hydroxylation is 3. The van der Waals surface area contributed by atoms with Gasteiger partial charge >= 0.3 is 0 Å². The fourth-order valence-corrected chi connectivity index (χ4v) is 1.60. The van der Waals surface area contributed by atoms with Crippen LogP contribution in [0.2, 0.25) is 0 Å². The van der Waals surface area contributed by atoms with Gasteiger partial charge in [-0.05, 0) is 44.0 Å². The molecule has 0 fully saturated rings. The van der Waals surface area contributed by atoms with Crippen molar-refractivity contribution in [2.45, 2.75) is 27.3 Å². The Kier molecular flexibility index (Phi) is 2.95. The molecule has 84 valence electrons. The molecule has 0 spiro atoms. The van der Waals surface area contributed by atoms with Gasteiger partial charge in [-0.1, -0.05) is 6.07 Å². The van der Waals surface area contributed by atoms with Crippen LogP contribution in [0.15, 0.2) is 24.4 Å². The zero-order chi connectivity index (χ0) is 11.5. The van der Waals surface area contributed by atoms with E-state index in [2.05, 4.69) is 47.6 Å². The van der Waals surface area contributed by atoms with Crippen LogP contribution in [0, 0.1) is 20.8 Å². The van der Waals surface area contributed by atoms with E-state index >= 15 is 0 Å². The van der Waals surface area contributed by atoms with Crippen molar-refractivity contribution >= 4 is 5.69 Å². The molecule has 0 bridgehead atoms. The van der Waals surface area contributed by atoms with E-state index in [9.17, 15) is 0 Å². The molecule has 1 aromatic carbocycles. The first-order chi connectivity index (χ1) is 7.66. The second-order valence-corrected chi connectivity index (χ2v) is 4.17. The smallest absolute Gasteiger partial charge is 0.0539 e. The van der Waals surface area contributed by atoms with Crippen LogP contribution in [-0.4, -0.2) is 10.2 Å². The third kappa shape index (κ3) is 2.24. The normalized spacial score (nSPS) is 10.4. The fourth-order valence-electron chi connectivity index (χ4n) is 1.60. The minimum Gasteiger partial charge on any atom is -0.381 e. The second kappa shape index (κ2) is 4.39.